The minimum absolute atomic E-state index is 0.307. The molecule has 2 aromatic heterocycles. The molecule has 0 saturated carbocycles. The second-order valence-electron chi connectivity index (χ2n) is 4.71. The van der Waals surface area contributed by atoms with E-state index in [1.807, 2.05) is 0 Å². The van der Waals surface area contributed by atoms with Crippen LogP contribution in [0.2, 0.25) is 0 Å². The van der Waals surface area contributed by atoms with Gasteiger partial charge in [0, 0.05) is 19.0 Å². The molecule has 0 amide bonds. The zero-order chi connectivity index (χ0) is 14.5. The van der Waals surface area contributed by atoms with Crippen LogP contribution in [0.5, 0.6) is 0 Å². The molecule has 0 saturated heterocycles. The fourth-order valence-corrected chi connectivity index (χ4v) is 2.72. The van der Waals surface area contributed by atoms with Crippen molar-refractivity contribution in [2.45, 2.75) is 50.3 Å². The molecular weight excluding hydrogens is 274 g/mol. The van der Waals surface area contributed by atoms with Crippen molar-refractivity contribution in [1.82, 2.24) is 20.2 Å². The van der Waals surface area contributed by atoms with E-state index in [0.717, 1.165) is 29.4 Å². The summed E-state index contributed by atoms with van der Waals surface area (Å²) in [5, 5.41) is 12.5. The van der Waals surface area contributed by atoms with Crippen molar-refractivity contribution in [1.29, 1.82) is 0 Å². The molecule has 2 heterocycles. The van der Waals surface area contributed by atoms with E-state index in [-0.39, 0.29) is 0 Å². The van der Waals surface area contributed by atoms with Gasteiger partial charge in [-0.15, -0.1) is 10.2 Å². The molecule has 0 aliphatic rings. The molecule has 2 rings (SSSR count). The van der Waals surface area contributed by atoms with E-state index in [9.17, 15) is 0 Å². The maximum Gasteiger partial charge on any atom is 0.282 e. The monoisotopic (exact) mass is 293 g/mol. The number of hydrogen-bond acceptors (Lipinski definition) is 7. The number of aromatic nitrogens is 4. The molecule has 0 bridgehead atoms. The van der Waals surface area contributed by atoms with Crippen molar-refractivity contribution >= 4 is 17.6 Å². The van der Waals surface area contributed by atoms with E-state index in [1.165, 1.54) is 11.8 Å². The molecule has 0 unspecified atom stereocenters. The topological polar surface area (TPSA) is 76.7 Å². The lowest BCUT2D eigenvalue weighted by Crippen LogP contribution is -2.08. The molecule has 1 N–H and O–H groups in total. The minimum atomic E-state index is 0.307. The van der Waals surface area contributed by atoms with Crippen LogP contribution < -0.4 is 5.32 Å². The molecular formula is C13H19N5OS. The molecule has 6 nitrogen and oxygen atoms in total. The Morgan fingerprint density at radius 3 is 2.70 bits per heavy atom. The Hall–Kier alpha value is -1.63. The van der Waals surface area contributed by atoms with Crippen LogP contribution in [0.25, 0.3) is 0 Å². The van der Waals surface area contributed by atoms with Gasteiger partial charge in [0.25, 0.3) is 5.22 Å². The van der Waals surface area contributed by atoms with Crippen molar-refractivity contribution in [2.75, 3.05) is 11.9 Å². The highest BCUT2D eigenvalue weighted by atomic mass is 32.2. The first-order valence-corrected chi connectivity index (χ1v) is 7.50. The van der Waals surface area contributed by atoms with Crippen LogP contribution in [0.3, 0.4) is 0 Å². The number of hydrogen-bond donors (Lipinski definition) is 1. The number of aryl methyl sites for hydroxylation is 1. The highest BCUT2D eigenvalue weighted by molar-refractivity contribution is 7.99. The smallest absolute Gasteiger partial charge is 0.282 e. The Bertz CT molecular complexity index is 570. The van der Waals surface area contributed by atoms with Gasteiger partial charge >= 0.3 is 0 Å². The molecule has 0 aromatic carbocycles. The molecule has 0 aliphatic heterocycles. The minimum Gasteiger partial charge on any atom is -0.416 e. The third-order valence-electron chi connectivity index (χ3n) is 2.66. The Morgan fingerprint density at radius 1 is 1.30 bits per heavy atom. The Morgan fingerprint density at radius 2 is 2.10 bits per heavy atom. The largest absolute Gasteiger partial charge is 0.416 e. The van der Waals surface area contributed by atoms with E-state index >= 15 is 0 Å². The van der Waals surface area contributed by atoms with Crippen molar-refractivity contribution in [3.05, 3.63) is 17.8 Å². The summed E-state index contributed by atoms with van der Waals surface area (Å²) in [6, 6.07) is 0. The van der Waals surface area contributed by atoms with Gasteiger partial charge in [-0.1, -0.05) is 20.8 Å². The number of nitrogens with one attached hydrogen (secondary N) is 1. The lowest BCUT2D eigenvalue weighted by atomic mass is 10.1. The number of rotatable bonds is 6. The maximum absolute atomic E-state index is 5.40. The van der Waals surface area contributed by atoms with Crippen molar-refractivity contribution in [3.63, 3.8) is 0 Å². The summed E-state index contributed by atoms with van der Waals surface area (Å²) in [5.41, 5.74) is 1.09. The first kappa shape index (κ1) is 14.8. The van der Waals surface area contributed by atoms with E-state index in [0.29, 0.717) is 17.0 Å². The molecule has 7 heteroatoms. The van der Waals surface area contributed by atoms with Gasteiger partial charge in [-0.3, -0.25) is 0 Å². The predicted octanol–water partition coefficient (Wildman–Crippen LogP) is 3.26. The maximum atomic E-state index is 5.40. The normalized spacial score (nSPS) is 11.1. The molecule has 0 fully saturated rings. The summed E-state index contributed by atoms with van der Waals surface area (Å²) >= 11 is 1.38. The van der Waals surface area contributed by atoms with Crippen LogP contribution in [0, 0.1) is 6.92 Å². The summed E-state index contributed by atoms with van der Waals surface area (Å²) in [7, 11) is 0. The first-order valence-electron chi connectivity index (χ1n) is 6.68. The van der Waals surface area contributed by atoms with Gasteiger partial charge in [0.2, 0.25) is 5.89 Å². The number of nitrogens with zero attached hydrogens (tertiary/aromatic N) is 4. The highest BCUT2D eigenvalue weighted by Crippen LogP contribution is 2.34. The number of anilines is 1. The van der Waals surface area contributed by atoms with Crippen LogP contribution in [0.1, 0.15) is 44.6 Å². The molecule has 2 aromatic rings. The van der Waals surface area contributed by atoms with E-state index in [4.69, 9.17) is 4.42 Å². The lowest BCUT2D eigenvalue weighted by molar-refractivity contribution is 0.429. The Kier molecular flexibility index (Phi) is 4.94. The Labute approximate surface area is 122 Å². The molecule has 108 valence electrons. The fourth-order valence-electron chi connectivity index (χ4n) is 1.77. The summed E-state index contributed by atoms with van der Waals surface area (Å²) in [6.45, 7) is 9.03. The third-order valence-corrected chi connectivity index (χ3v) is 3.52. The fraction of sp³-hybridized carbons (Fsp3) is 0.538. The highest BCUT2D eigenvalue weighted by Gasteiger charge is 2.17. The summed E-state index contributed by atoms with van der Waals surface area (Å²) in [5.74, 6) is 1.75. The van der Waals surface area contributed by atoms with Gasteiger partial charge in [-0.2, -0.15) is 0 Å². The summed E-state index contributed by atoms with van der Waals surface area (Å²) < 4.78 is 5.40. The lowest BCUT2D eigenvalue weighted by Gasteiger charge is -2.15. The predicted molar refractivity (Wildman–Crippen MR) is 78.1 cm³/mol. The zero-order valence-corrected chi connectivity index (χ0v) is 13.0. The van der Waals surface area contributed by atoms with Crippen LogP contribution >= 0.6 is 11.8 Å². The summed E-state index contributed by atoms with van der Waals surface area (Å²) in [4.78, 5) is 8.70. The van der Waals surface area contributed by atoms with Crippen LogP contribution in [-0.2, 0) is 0 Å². The van der Waals surface area contributed by atoms with Crippen molar-refractivity contribution in [3.8, 4) is 0 Å². The average molecular weight is 293 g/mol. The van der Waals surface area contributed by atoms with Crippen molar-refractivity contribution in [2.24, 2.45) is 0 Å². The molecule has 20 heavy (non-hydrogen) atoms. The molecule has 0 aliphatic carbocycles. The molecule has 0 radical (unpaired) electrons. The summed E-state index contributed by atoms with van der Waals surface area (Å²) in [6.07, 6.45) is 2.61. The second-order valence-corrected chi connectivity index (χ2v) is 5.65. The van der Waals surface area contributed by atoms with Crippen LogP contribution in [-0.4, -0.2) is 26.7 Å². The van der Waals surface area contributed by atoms with E-state index < -0.39 is 0 Å². The average Bonchev–Trinajstić information content (AvgIpc) is 2.81. The van der Waals surface area contributed by atoms with Gasteiger partial charge in [0.05, 0.1) is 0 Å². The first-order chi connectivity index (χ1) is 9.61. The van der Waals surface area contributed by atoms with Gasteiger partial charge in [0.1, 0.15) is 17.2 Å². The molecule has 0 spiro atoms. The third kappa shape index (κ3) is 3.47. The van der Waals surface area contributed by atoms with E-state index in [1.54, 1.807) is 13.3 Å². The van der Waals surface area contributed by atoms with Crippen molar-refractivity contribution < 1.29 is 4.42 Å². The second kappa shape index (κ2) is 6.69. The van der Waals surface area contributed by atoms with Gasteiger partial charge < -0.3 is 9.73 Å². The van der Waals surface area contributed by atoms with Gasteiger partial charge in [0.15, 0.2) is 0 Å². The van der Waals surface area contributed by atoms with Crippen LogP contribution in [0.15, 0.2) is 21.0 Å². The zero-order valence-electron chi connectivity index (χ0n) is 12.2. The molecule has 0 atom stereocenters. The Balaban J connectivity index is 2.31. The van der Waals surface area contributed by atoms with Crippen LogP contribution in [0.4, 0.5) is 5.82 Å². The SMILES string of the molecule is CCCNc1ncnc(Sc2nnc(C)o2)c1C(C)C. The quantitative estimate of drug-likeness (QED) is 0.819. The van der Waals surface area contributed by atoms with E-state index in [2.05, 4.69) is 46.3 Å². The standard InChI is InChI=1S/C13H19N5OS/c1-5-6-14-11-10(8(2)3)12(16-7-15-11)20-13-18-17-9(4)19-13/h7-8H,5-6H2,1-4H3,(H,14,15,16). The van der Waals surface area contributed by atoms with Gasteiger partial charge in [-0.25, -0.2) is 9.97 Å². The van der Waals surface area contributed by atoms with Gasteiger partial charge in [-0.05, 0) is 24.1 Å².